The summed E-state index contributed by atoms with van der Waals surface area (Å²) in [5, 5.41) is 3.49. The van der Waals surface area contributed by atoms with Gasteiger partial charge in [0.2, 0.25) is 0 Å². The van der Waals surface area contributed by atoms with E-state index in [-0.39, 0.29) is 0 Å². The fraction of sp³-hybridized carbons (Fsp3) is 0.952. The summed E-state index contributed by atoms with van der Waals surface area (Å²) in [7, 11) is -0.943. The molecule has 1 N–H and O–H groups in total. The molecule has 3 fully saturated rings. The second-order valence-corrected chi connectivity index (χ2v) is 11.6. The van der Waals surface area contributed by atoms with Crippen LogP contribution in [0.5, 0.6) is 0 Å². The van der Waals surface area contributed by atoms with Crippen molar-refractivity contribution in [2.75, 3.05) is 70.9 Å². The Labute approximate surface area is 177 Å². The third-order valence-electron chi connectivity index (χ3n) is 7.17. The summed E-state index contributed by atoms with van der Waals surface area (Å²) >= 11 is 0. The Balaban J connectivity index is 1.36. The van der Waals surface area contributed by atoms with Gasteiger partial charge in [0.1, 0.15) is 0 Å². The van der Waals surface area contributed by atoms with Crippen molar-refractivity contribution in [3.63, 3.8) is 0 Å². The first kappa shape index (κ1) is 22.8. The summed E-state index contributed by atoms with van der Waals surface area (Å²) in [5.74, 6) is 3.33. The lowest BCUT2D eigenvalue weighted by atomic mass is 9.79. The highest BCUT2D eigenvalue weighted by Gasteiger charge is 2.30. The molecule has 0 radical (unpaired) electrons. The van der Waals surface area contributed by atoms with Gasteiger partial charge in [-0.25, -0.2) is 8.42 Å². The number of nitrogens with zero attached hydrogens (tertiary/aromatic N) is 4. The van der Waals surface area contributed by atoms with Crippen molar-refractivity contribution >= 4 is 15.8 Å². The number of guanidine groups is 1. The zero-order valence-electron chi connectivity index (χ0n) is 18.6. The predicted molar refractivity (Wildman–Crippen MR) is 120 cm³/mol. The third kappa shape index (κ3) is 6.56. The SMILES string of the molecule is CN=C(NCCN1CCS(=O)(=O)CC1)N1CCN(C2CCC(C(C)C)CC2)CC1. The van der Waals surface area contributed by atoms with Gasteiger partial charge in [0, 0.05) is 65.4 Å². The minimum Gasteiger partial charge on any atom is -0.355 e. The van der Waals surface area contributed by atoms with E-state index in [1.165, 1.54) is 25.7 Å². The normalized spacial score (nSPS) is 29.9. The molecule has 2 saturated heterocycles. The van der Waals surface area contributed by atoms with Crippen molar-refractivity contribution in [2.45, 2.75) is 45.6 Å². The van der Waals surface area contributed by atoms with Crippen LogP contribution in [0.2, 0.25) is 0 Å². The van der Waals surface area contributed by atoms with Gasteiger partial charge in [0.15, 0.2) is 15.8 Å². The summed E-state index contributed by atoms with van der Waals surface area (Å²) in [4.78, 5) is 11.8. The van der Waals surface area contributed by atoms with Gasteiger partial charge in [-0.3, -0.25) is 14.8 Å². The highest BCUT2D eigenvalue weighted by Crippen LogP contribution is 2.32. The van der Waals surface area contributed by atoms with Crippen LogP contribution in [0.3, 0.4) is 0 Å². The molecule has 2 aliphatic heterocycles. The van der Waals surface area contributed by atoms with Crippen LogP contribution in [-0.4, -0.2) is 106 Å². The van der Waals surface area contributed by atoms with E-state index in [0.717, 1.165) is 63.1 Å². The fourth-order valence-corrected chi connectivity index (χ4v) is 6.34. The van der Waals surface area contributed by atoms with Gasteiger partial charge in [0.05, 0.1) is 11.5 Å². The molecule has 0 unspecified atom stereocenters. The van der Waals surface area contributed by atoms with E-state index in [9.17, 15) is 8.42 Å². The fourth-order valence-electron chi connectivity index (χ4n) is 5.06. The number of rotatable bonds is 5. The van der Waals surface area contributed by atoms with Crippen molar-refractivity contribution in [3.05, 3.63) is 0 Å². The van der Waals surface area contributed by atoms with Gasteiger partial charge in [0.25, 0.3) is 0 Å². The maximum Gasteiger partial charge on any atom is 0.193 e. The highest BCUT2D eigenvalue weighted by molar-refractivity contribution is 7.91. The monoisotopic (exact) mass is 427 g/mol. The molecule has 2 heterocycles. The lowest BCUT2D eigenvalue weighted by molar-refractivity contribution is 0.0864. The Kier molecular flexibility index (Phi) is 8.22. The van der Waals surface area contributed by atoms with Crippen molar-refractivity contribution in [2.24, 2.45) is 16.8 Å². The molecule has 0 spiro atoms. The number of sulfone groups is 1. The summed E-state index contributed by atoms with van der Waals surface area (Å²) in [5.41, 5.74) is 0. The molecule has 1 saturated carbocycles. The van der Waals surface area contributed by atoms with Crippen molar-refractivity contribution < 1.29 is 8.42 Å². The number of nitrogens with one attached hydrogen (secondary N) is 1. The quantitative estimate of drug-likeness (QED) is 0.524. The zero-order valence-corrected chi connectivity index (χ0v) is 19.5. The molecule has 29 heavy (non-hydrogen) atoms. The Morgan fingerprint density at radius 3 is 2.17 bits per heavy atom. The summed E-state index contributed by atoms with van der Waals surface area (Å²) < 4.78 is 23.1. The van der Waals surface area contributed by atoms with Crippen molar-refractivity contribution in [1.29, 1.82) is 0 Å². The number of hydrogen-bond acceptors (Lipinski definition) is 5. The zero-order chi connectivity index (χ0) is 20.9. The molecule has 3 rings (SSSR count). The Bertz CT molecular complexity index is 621. The molecule has 0 aromatic carbocycles. The first-order valence-corrected chi connectivity index (χ1v) is 13.3. The molecule has 7 nitrogen and oxygen atoms in total. The number of aliphatic imine (C=N–C) groups is 1. The smallest absolute Gasteiger partial charge is 0.193 e. The van der Waals surface area contributed by atoms with Crippen LogP contribution >= 0.6 is 0 Å². The van der Waals surface area contributed by atoms with E-state index in [0.29, 0.717) is 24.6 Å². The Morgan fingerprint density at radius 1 is 1.00 bits per heavy atom. The minimum absolute atomic E-state index is 0.294. The van der Waals surface area contributed by atoms with Gasteiger partial charge in [-0.05, 0) is 37.5 Å². The number of piperazine rings is 1. The van der Waals surface area contributed by atoms with Crippen molar-refractivity contribution in [3.8, 4) is 0 Å². The molecule has 0 aromatic rings. The van der Waals surface area contributed by atoms with Crippen LogP contribution in [0.4, 0.5) is 0 Å². The number of hydrogen-bond donors (Lipinski definition) is 1. The molecule has 0 aromatic heterocycles. The summed E-state index contributed by atoms with van der Waals surface area (Å²) in [6.07, 6.45) is 5.51. The molecule has 8 heteroatoms. The predicted octanol–water partition coefficient (Wildman–Crippen LogP) is 1.12. The summed E-state index contributed by atoms with van der Waals surface area (Å²) in [6, 6.07) is 0.775. The highest BCUT2D eigenvalue weighted by atomic mass is 32.2. The van der Waals surface area contributed by atoms with Gasteiger partial charge < -0.3 is 10.2 Å². The van der Waals surface area contributed by atoms with E-state index in [4.69, 9.17) is 0 Å². The molecular formula is C21H41N5O2S. The molecule has 3 aliphatic rings. The van der Waals surface area contributed by atoms with Crippen molar-refractivity contribution in [1.82, 2.24) is 20.0 Å². The summed E-state index contributed by atoms with van der Waals surface area (Å²) in [6.45, 7) is 12.0. The van der Waals surface area contributed by atoms with E-state index in [1.807, 2.05) is 7.05 Å². The van der Waals surface area contributed by atoms with Gasteiger partial charge >= 0.3 is 0 Å². The van der Waals surface area contributed by atoms with E-state index in [2.05, 4.69) is 38.9 Å². The third-order valence-corrected chi connectivity index (χ3v) is 8.78. The standard InChI is InChI=1S/C21H41N5O2S/c1-18(2)19-4-6-20(7-5-19)25-10-12-26(13-11-25)21(22-3)23-8-9-24-14-16-29(27,28)17-15-24/h18-20H,4-17H2,1-3H3,(H,22,23). The second-order valence-electron chi connectivity index (χ2n) is 9.30. The minimum atomic E-state index is -2.80. The Hall–Kier alpha value is -0.860. The van der Waals surface area contributed by atoms with E-state index >= 15 is 0 Å². The van der Waals surface area contributed by atoms with Gasteiger partial charge in [-0.2, -0.15) is 0 Å². The Morgan fingerprint density at radius 2 is 1.62 bits per heavy atom. The molecule has 0 bridgehead atoms. The lowest BCUT2D eigenvalue weighted by Crippen LogP contribution is -2.55. The molecular weight excluding hydrogens is 386 g/mol. The van der Waals surface area contributed by atoms with E-state index < -0.39 is 9.84 Å². The average Bonchev–Trinajstić information content (AvgIpc) is 2.72. The molecule has 0 atom stereocenters. The first-order valence-electron chi connectivity index (χ1n) is 11.5. The van der Waals surface area contributed by atoms with Crippen LogP contribution in [0.15, 0.2) is 4.99 Å². The van der Waals surface area contributed by atoms with Gasteiger partial charge in [-0.1, -0.05) is 13.8 Å². The maximum absolute atomic E-state index is 11.5. The average molecular weight is 428 g/mol. The molecule has 168 valence electrons. The topological polar surface area (TPSA) is 68.2 Å². The van der Waals surface area contributed by atoms with Crippen LogP contribution in [0, 0.1) is 11.8 Å². The van der Waals surface area contributed by atoms with Crippen LogP contribution in [-0.2, 0) is 9.84 Å². The largest absolute Gasteiger partial charge is 0.355 e. The molecule has 1 aliphatic carbocycles. The van der Waals surface area contributed by atoms with Crippen LogP contribution < -0.4 is 5.32 Å². The maximum atomic E-state index is 11.5. The van der Waals surface area contributed by atoms with Crippen LogP contribution in [0.25, 0.3) is 0 Å². The second kappa shape index (κ2) is 10.4. The first-order chi connectivity index (χ1) is 13.9. The van der Waals surface area contributed by atoms with E-state index in [1.54, 1.807) is 0 Å². The lowest BCUT2D eigenvalue weighted by Gasteiger charge is -2.43. The van der Waals surface area contributed by atoms with Gasteiger partial charge in [-0.15, -0.1) is 0 Å². The molecule has 0 amide bonds. The van der Waals surface area contributed by atoms with Crippen LogP contribution in [0.1, 0.15) is 39.5 Å².